The molecule has 3 saturated heterocycles. The number of carbonyl (C=O) groups excluding carboxylic acids is 11. The first-order chi connectivity index (χ1) is 67.4. The van der Waals surface area contributed by atoms with Crippen LogP contribution in [-0.2, 0) is 89.7 Å². The van der Waals surface area contributed by atoms with E-state index < -0.39 is 296 Å². The molecule has 25 N–H and O–H groups in total. The number of carbonyl (C=O) groups is 12. The Morgan fingerprint density at radius 3 is 2.04 bits per heavy atom. The van der Waals surface area contributed by atoms with Gasteiger partial charge in [0.15, 0.2) is 53.7 Å². The summed E-state index contributed by atoms with van der Waals surface area (Å²) in [5.74, 6) is -19.4. The minimum atomic E-state index is -2.45. The number of halogens is 3. The molecular weight excluding hydrogens is 1970 g/mol. The molecule has 142 heavy (non-hydrogen) atoms. The van der Waals surface area contributed by atoms with E-state index in [1.165, 1.54) is 56.8 Å². The van der Waals surface area contributed by atoms with Crippen molar-refractivity contribution in [2.45, 2.75) is 194 Å². The molecule has 9 bridgehead atoms. The summed E-state index contributed by atoms with van der Waals surface area (Å²) in [5.41, 5.74) is 13.8. The molecule has 0 aliphatic carbocycles. The molecule has 9 aliphatic rings. The second-order valence-corrected chi connectivity index (χ2v) is 38.7. The number of phenolic OH excluding ortho intramolecular Hbond substituents is 3. The first-order valence-corrected chi connectivity index (χ1v) is 47.4. The largest absolute Gasteiger partial charge is 0.508 e. The van der Waals surface area contributed by atoms with Crippen molar-refractivity contribution in [3.8, 4) is 57.1 Å². The Hall–Kier alpha value is -12.9. The van der Waals surface area contributed by atoms with E-state index in [4.69, 9.17) is 85.3 Å². The van der Waals surface area contributed by atoms with Crippen molar-refractivity contribution in [2.75, 3.05) is 45.3 Å². The number of ether oxygens (including phenoxy) is 6. The molecule has 9 aliphatic heterocycles. The topological polar surface area (TPSA) is 694 Å². The predicted octanol–water partition coefficient (Wildman–Crippen LogP) is 0.345. The van der Waals surface area contributed by atoms with Crippen LogP contribution in [0.3, 0.4) is 0 Å². The van der Waals surface area contributed by atoms with Crippen LogP contribution < -0.4 is 83.8 Å². The summed E-state index contributed by atoms with van der Waals surface area (Å²) in [6.07, 6.45) is -16.4. The monoisotopic (exact) mass is 2070 g/mol. The predicted molar refractivity (Wildman–Crippen MR) is 502 cm³/mol. The number of rotatable bonds is 26. The van der Waals surface area contributed by atoms with Crippen LogP contribution in [-0.4, -0.2) is 272 Å². The van der Waals surface area contributed by atoms with E-state index >= 15 is 28.8 Å². The fourth-order valence-electron chi connectivity index (χ4n) is 17.4. The van der Waals surface area contributed by atoms with Gasteiger partial charge in [0.1, 0.15) is 130 Å². The number of nitrogens with two attached hydrogens (primary N) is 3. The number of hydrogen-bond acceptors (Lipinski definition) is 35. The number of benzene rings is 5. The molecule has 2 aromatic heterocycles. The Kier molecular flexibility index (Phi) is 32.4. The number of amides is 11. The molecule has 11 heterocycles. The normalized spacial score (nSPS) is 26.4. The number of nitrogen functional groups attached to an aromatic ring is 1. The van der Waals surface area contributed by atoms with Gasteiger partial charge in [-0.3, -0.25) is 57.6 Å². The Bertz CT molecular complexity index is 6180. The number of aromatic hydroxyl groups is 3. The lowest BCUT2D eigenvalue weighted by Gasteiger charge is -2.49. The first-order valence-electron chi connectivity index (χ1n) is 44.4. The molecule has 20 unspecified atom stereocenters. The number of aliphatic hydroxyl groups excluding tert-OH is 6. The van der Waals surface area contributed by atoms with Crippen LogP contribution in [0.25, 0.3) is 11.1 Å². The maximum atomic E-state index is 16.6. The number of anilines is 1. The van der Waals surface area contributed by atoms with Crippen LogP contribution in [0.15, 0.2) is 120 Å². The van der Waals surface area contributed by atoms with Gasteiger partial charge in [-0.05, 0) is 134 Å². The standard InChI is InChI=1S/C91H102Cl3N17O29S2/c1-8-110(31-37-16-19-109(20-17-37)32-41-34-141-87-68(86(131)111(87)69(41)88(132)133)106-83(128)65(108-134-7)64-77(94)142-90(96)107-64)58(117)15-18-99-80(125)63-46-27-43(114)28-51(115)60(46)45-26-42(113)11-12-44(45)62-82(127)105-67(85(130)103-63)71(119)39-10-14-53(48(93)23-39)137-55-25-40-24-54(74(55)140-89-75(73(121)72(120)56(33-112)138-89)139-59-30-91(5,97)76(122)36(4)135-59)136-52-13-9-38(22-47(52)92)70(118)66(104-78(123)49(98-6)21-35(2)3)84(129)100-50(29-57(95)116)79(124)101-61(40)81(126)102-62/h9-14,16-17,19-20,22-28,35-36,49-50,56,59,61-63,66-68,70-73,75-76,87,89,98,112,118-122H,8,15,18,21,29-34,97H2,1-7H3,(H15-,95,96,99,100,101,102,103,104,105,106,107,113,114,115,116,123,124,125,126,127,128,129,130,132,133)/p+1/b108-65+. The molecular formula is C91H103Cl3N17O29S2+. The Morgan fingerprint density at radius 2 is 1.43 bits per heavy atom. The third-order valence-corrected chi connectivity index (χ3v) is 27.6. The number of carboxylic acid groups (broad SMARTS) is 1. The highest BCUT2D eigenvalue weighted by Crippen LogP contribution is 2.51. The number of nitrogens with zero attached hydrogens (tertiary/aromatic N) is 5. The lowest BCUT2D eigenvalue weighted by Crippen LogP contribution is -2.71. The third kappa shape index (κ3) is 22.6. The number of likely N-dealkylation sites (N-methyl/N-ethyl adjacent to an activating group) is 1. The zero-order valence-corrected chi connectivity index (χ0v) is 80.5. The van der Waals surface area contributed by atoms with Gasteiger partial charge in [-0.25, -0.2) is 14.3 Å². The van der Waals surface area contributed by atoms with Crippen LogP contribution in [0.1, 0.15) is 130 Å². The molecule has 5 aromatic carbocycles. The van der Waals surface area contributed by atoms with Crippen molar-refractivity contribution in [3.05, 3.63) is 168 Å². The number of nitrogens with one attached hydrogen (secondary N) is 9. The van der Waals surface area contributed by atoms with Gasteiger partial charge in [0.2, 0.25) is 65.2 Å². The van der Waals surface area contributed by atoms with Gasteiger partial charge in [0.05, 0.1) is 41.3 Å². The van der Waals surface area contributed by atoms with Crippen molar-refractivity contribution in [1.29, 1.82) is 0 Å². The quantitative estimate of drug-likeness (QED) is 0.0150. The molecule has 758 valence electrons. The summed E-state index contributed by atoms with van der Waals surface area (Å²) >= 11 is 22.7. The lowest BCUT2D eigenvalue weighted by atomic mass is 9.86. The molecule has 11 amide bonds. The maximum Gasteiger partial charge on any atom is 0.352 e. The summed E-state index contributed by atoms with van der Waals surface area (Å²) in [4.78, 5) is 188. The highest BCUT2D eigenvalue weighted by molar-refractivity contribution is 8.00. The van der Waals surface area contributed by atoms with Crippen molar-refractivity contribution in [2.24, 2.45) is 22.5 Å². The van der Waals surface area contributed by atoms with Gasteiger partial charge in [0.25, 0.3) is 11.8 Å². The van der Waals surface area contributed by atoms with Gasteiger partial charge >= 0.3 is 5.97 Å². The number of thioether (sulfide) groups is 1. The number of carboxylic acids is 1. The molecule has 7 aromatic rings. The fourth-order valence-corrected chi connectivity index (χ4v) is 20.1. The highest BCUT2D eigenvalue weighted by atomic mass is 35.5. The molecule has 3 fully saturated rings. The zero-order valence-electron chi connectivity index (χ0n) is 76.6. The average molecular weight is 2070 g/mol. The number of aliphatic hydroxyl groups is 6. The van der Waals surface area contributed by atoms with Crippen LogP contribution in [0, 0.1) is 5.92 Å². The number of aromatic nitrogens is 2. The van der Waals surface area contributed by atoms with Crippen LogP contribution in [0.5, 0.6) is 46.0 Å². The fraction of sp³-hybridized carbons (Fsp3) is 0.418. The second-order valence-electron chi connectivity index (χ2n) is 35.1. The summed E-state index contributed by atoms with van der Waals surface area (Å²) in [6, 6.07) is 0.901. The van der Waals surface area contributed by atoms with E-state index in [0.29, 0.717) is 11.1 Å². The Balaban J connectivity index is 0.820. The minimum Gasteiger partial charge on any atom is -0.508 e. The average Bonchev–Trinajstić information content (AvgIpc) is 0.850. The number of oxime groups is 1. The Labute approximate surface area is 831 Å². The summed E-state index contributed by atoms with van der Waals surface area (Å²) in [5, 5.41) is 142. The molecule has 51 heteroatoms. The molecule has 0 radical (unpaired) electrons. The van der Waals surface area contributed by atoms with E-state index in [1.807, 2.05) is 0 Å². The maximum absolute atomic E-state index is 16.6. The van der Waals surface area contributed by atoms with Crippen molar-refractivity contribution >= 4 is 140 Å². The molecule has 20 atom stereocenters. The van der Waals surface area contributed by atoms with Gasteiger partial charge in [-0.1, -0.05) is 83.3 Å². The number of hydrogen-bond donors (Lipinski definition) is 22. The first kappa shape index (κ1) is 105. The smallest absolute Gasteiger partial charge is 0.352 e. The van der Waals surface area contributed by atoms with Crippen molar-refractivity contribution in [1.82, 2.24) is 62.6 Å². The van der Waals surface area contributed by atoms with Gasteiger partial charge in [0, 0.05) is 73.1 Å². The number of thiazole rings is 1. The molecule has 0 saturated carbocycles. The van der Waals surface area contributed by atoms with E-state index in [2.05, 4.69) is 58.0 Å². The second kappa shape index (κ2) is 43.9. The van der Waals surface area contributed by atoms with E-state index in [0.717, 1.165) is 83.0 Å². The molecule has 16 rings (SSSR count). The summed E-state index contributed by atoms with van der Waals surface area (Å²) in [6.45, 7) is 6.77. The number of pyridine rings is 1. The SMILES string of the molecule is CCN(Cc1cc[n+](CC2=C(C(=O)O)N3C(=O)C(NC(=O)/C(=N/OC)c4nc(N)sc4Cl)C3SC2)cc1)C(=O)CCNC(=O)C1NC(=O)C2NC(=O)C(NC(=O)C3NC(=O)C(CC(N)=O)NC(=O)C(NC(=O)C(CC(C)C)NC)C(O)c4ccc(c(Cl)c4)Oc4cc3cc(c4OC3OC(CO)C(O)C(O)C3OC3CC(C)(N)C(O)C(C)O3)Oc3ccc(cc3Cl)C2O)c2ccc(O)cc2-c2c(O)cc(O)cc21. The number of phenols is 3. The third-order valence-electron chi connectivity index (χ3n) is 24.6. The van der Waals surface area contributed by atoms with E-state index in [9.17, 15) is 79.8 Å². The number of β-lactam (4-membered cyclic amide) rings is 1. The van der Waals surface area contributed by atoms with Gasteiger partial charge < -0.3 is 154 Å². The van der Waals surface area contributed by atoms with Crippen LogP contribution >= 0.6 is 57.9 Å². The van der Waals surface area contributed by atoms with Crippen molar-refractivity contribution < 1.29 is 146 Å². The van der Waals surface area contributed by atoms with Crippen molar-refractivity contribution in [3.63, 3.8) is 0 Å². The molecule has 46 nitrogen and oxygen atoms in total. The minimum absolute atomic E-state index is 0.0208. The zero-order chi connectivity index (χ0) is 103. The number of primary amides is 1. The number of aliphatic carboxylic acids is 1. The summed E-state index contributed by atoms with van der Waals surface area (Å²) < 4.78 is 40.5. The highest BCUT2D eigenvalue weighted by Gasteiger charge is 2.57. The van der Waals surface area contributed by atoms with E-state index in [-0.39, 0.29) is 87.6 Å². The van der Waals surface area contributed by atoms with Gasteiger partial charge in [-0.2, -0.15) is 0 Å². The van der Waals surface area contributed by atoms with E-state index in [1.54, 1.807) is 49.9 Å². The van der Waals surface area contributed by atoms with Gasteiger partial charge in [-0.15, -0.1) is 11.8 Å². The Morgan fingerprint density at radius 1 is 0.768 bits per heavy atom. The molecule has 0 spiro atoms. The number of fused-ring (bicyclic) bond motifs is 15. The lowest BCUT2D eigenvalue weighted by molar-refractivity contribution is -0.689. The summed E-state index contributed by atoms with van der Waals surface area (Å²) in [7, 11) is 2.64. The van der Waals surface area contributed by atoms with Crippen LogP contribution in [0.2, 0.25) is 14.4 Å². The van der Waals surface area contributed by atoms with Crippen LogP contribution in [0.4, 0.5) is 5.13 Å².